The van der Waals surface area contributed by atoms with Crippen LogP contribution in [0.25, 0.3) is 0 Å². The SMILES string of the molecule is CCCNc1cc(C(=O)NCc2cc(C)no2)c(Cl)cn1. The van der Waals surface area contributed by atoms with Crippen LogP contribution in [0.5, 0.6) is 0 Å². The first kappa shape index (κ1) is 15.3. The third kappa shape index (κ3) is 4.19. The summed E-state index contributed by atoms with van der Waals surface area (Å²) in [5.74, 6) is 0.938. The van der Waals surface area contributed by atoms with E-state index in [4.69, 9.17) is 16.1 Å². The molecule has 0 aromatic carbocycles. The van der Waals surface area contributed by atoms with Gasteiger partial charge in [-0.05, 0) is 19.4 Å². The molecule has 0 saturated heterocycles. The van der Waals surface area contributed by atoms with Crippen molar-refractivity contribution in [3.8, 4) is 0 Å². The Labute approximate surface area is 127 Å². The number of anilines is 1. The number of rotatable bonds is 6. The zero-order valence-corrected chi connectivity index (χ0v) is 12.7. The van der Waals surface area contributed by atoms with E-state index in [1.807, 2.05) is 6.92 Å². The summed E-state index contributed by atoms with van der Waals surface area (Å²) in [5.41, 5.74) is 1.15. The molecule has 2 heterocycles. The number of nitrogens with zero attached hydrogens (tertiary/aromatic N) is 2. The van der Waals surface area contributed by atoms with Gasteiger partial charge in [0.25, 0.3) is 5.91 Å². The summed E-state index contributed by atoms with van der Waals surface area (Å²) in [6.45, 7) is 4.92. The minimum absolute atomic E-state index is 0.260. The molecule has 0 aliphatic heterocycles. The fraction of sp³-hybridized carbons (Fsp3) is 0.357. The lowest BCUT2D eigenvalue weighted by atomic mass is 10.2. The second-order valence-electron chi connectivity index (χ2n) is 4.59. The predicted molar refractivity (Wildman–Crippen MR) is 80.4 cm³/mol. The highest BCUT2D eigenvalue weighted by Crippen LogP contribution is 2.18. The first-order valence-electron chi connectivity index (χ1n) is 6.70. The summed E-state index contributed by atoms with van der Waals surface area (Å²) in [6.07, 6.45) is 2.43. The lowest BCUT2D eigenvalue weighted by molar-refractivity contribution is 0.0947. The molecule has 0 bridgehead atoms. The van der Waals surface area contributed by atoms with E-state index in [2.05, 4.69) is 27.7 Å². The molecule has 0 atom stereocenters. The highest BCUT2D eigenvalue weighted by molar-refractivity contribution is 6.33. The highest BCUT2D eigenvalue weighted by atomic mass is 35.5. The largest absolute Gasteiger partial charge is 0.370 e. The van der Waals surface area contributed by atoms with Gasteiger partial charge in [-0.25, -0.2) is 4.98 Å². The van der Waals surface area contributed by atoms with Crippen molar-refractivity contribution in [3.63, 3.8) is 0 Å². The number of amides is 1. The van der Waals surface area contributed by atoms with Crippen molar-refractivity contribution in [2.24, 2.45) is 0 Å². The van der Waals surface area contributed by atoms with Crippen LogP contribution in [0.1, 0.15) is 35.2 Å². The van der Waals surface area contributed by atoms with Gasteiger partial charge in [0, 0.05) is 18.8 Å². The second-order valence-corrected chi connectivity index (χ2v) is 5.00. The van der Waals surface area contributed by atoms with Gasteiger partial charge in [-0.15, -0.1) is 0 Å². The molecule has 6 nitrogen and oxygen atoms in total. The molecule has 7 heteroatoms. The standard InChI is InChI=1S/C14H17ClN4O2/c1-3-4-16-13-6-11(12(15)8-17-13)14(20)18-7-10-5-9(2)19-21-10/h5-6,8H,3-4,7H2,1-2H3,(H,16,17)(H,18,20). The number of hydrogen-bond acceptors (Lipinski definition) is 5. The van der Waals surface area contributed by atoms with E-state index in [0.29, 0.717) is 22.2 Å². The van der Waals surface area contributed by atoms with E-state index in [9.17, 15) is 4.79 Å². The number of carbonyl (C=O) groups excluding carboxylic acids is 1. The summed E-state index contributed by atoms with van der Waals surface area (Å²) in [5, 5.41) is 9.92. The topological polar surface area (TPSA) is 80.0 Å². The van der Waals surface area contributed by atoms with Gasteiger partial charge in [0.2, 0.25) is 0 Å². The molecule has 0 radical (unpaired) electrons. The van der Waals surface area contributed by atoms with Crippen LogP contribution in [-0.2, 0) is 6.54 Å². The number of aryl methyl sites for hydroxylation is 1. The Morgan fingerprint density at radius 3 is 2.90 bits per heavy atom. The van der Waals surface area contributed by atoms with Gasteiger partial charge >= 0.3 is 0 Å². The molecule has 0 unspecified atom stereocenters. The van der Waals surface area contributed by atoms with E-state index in [0.717, 1.165) is 18.7 Å². The summed E-state index contributed by atoms with van der Waals surface area (Å²) < 4.78 is 5.04. The van der Waals surface area contributed by atoms with Crippen LogP contribution >= 0.6 is 11.6 Å². The molecule has 2 rings (SSSR count). The van der Waals surface area contributed by atoms with Crippen molar-refractivity contribution in [1.82, 2.24) is 15.5 Å². The van der Waals surface area contributed by atoms with Crippen molar-refractivity contribution in [3.05, 3.63) is 40.4 Å². The first-order valence-corrected chi connectivity index (χ1v) is 7.07. The molecule has 0 spiro atoms. The van der Waals surface area contributed by atoms with Crippen molar-refractivity contribution >= 4 is 23.3 Å². The zero-order valence-electron chi connectivity index (χ0n) is 11.9. The van der Waals surface area contributed by atoms with Crippen LogP contribution in [0.4, 0.5) is 5.82 Å². The van der Waals surface area contributed by atoms with Crippen LogP contribution in [-0.4, -0.2) is 22.6 Å². The molecule has 2 N–H and O–H groups in total. The van der Waals surface area contributed by atoms with Crippen LogP contribution < -0.4 is 10.6 Å². The fourth-order valence-corrected chi connectivity index (χ4v) is 1.91. The number of nitrogens with one attached hydrogen (secondary N) is 2. The molecule has 2 aromatic rings. The smallest absolute Gasteiger partial charge is 0.253 e. The van der Waals surface area contributed by atoms with Crippen molar-refractivity contribution < 1.29 is 9.32 Å². The van der Waals surface area contributed by atoms with Crippen LogP contribution in [0.3, 0.4) is 0 Å². The van der Waals surface area contributed by atoms with E-state index < -0.39 is 0 Å². The van der Waals surface area contributed by atoms with Crippen LogP contribution in [0.15, 0.2) is 22.9 Å². The third-order valence-corrected chi connectivity index (χ3v) is 3.06. The second kappa shape index (κ2) is 7.08. The van der Waals surface area contributed by atoms with Crippen LogP contribution in [0.2, 0.25) is 5.02 Å². The molecule has 1 amide bonds. The maximum absolute atomic E-state index is 12.2. The predicted octanol–water partition coefficient (Wildman–Crippen LogP) is 2.78. The number of pyridine rings is 1. The normalized spacial score (nSPS) is 10.4. The summed E-state index contributed by atoms with van der Waals surface area (Å²) >= 11 is 6.02. The number of carbonyl (C=O) groups is 1. The van der Waals surface area contributed by atoms with Gasteiger partial charge in [0.05, 0.1) is 22.8 Å². The Balaban J connectivity index is 2.03. The van der Waals surface area contributed by atoms with Gasteiger partial charge in [0.15, 0.2) is 5.76 Å². The monoisotopic (exact) mass is 308 g/mol. The number of halogens is 1. The van der Waals surface area contributed by atoms with Crippen molar-refractivity contribution in [2.45, 2.75) is 26.8 Å². The fourth-order valence-electron chi connectivity index (χ4n) is 1.72. The Hall–Kier alpha value is -2.08. The molecular weight excluding hydrogens is 292 g/mol. The number of aromatic nitrogens is 2. The first-order chi connectivity index (χ1) is 10.1. The van der Waals surface area contributed by atoms with E-state index >= 15 is 0 Å². The molecular formula is C14H17ClN4O2. The quantitative estimate of drug-likeness (QED) is 0.857. The van der Waals surface area contributed by atoms with E-state index in [1.54, 1.807) is 12.1 Å². The lowest BCUT2D eigenvalue weighted by Gasteiger charge is -2.08. The Morgan fingerprint density at radius 1 is 1.43 bits per heavy atom. The van der Waals surface area contributed by atoms with Gasteiger partial charge in [-0.1, -0.05) is 23.7 Å². The maximum atomic E-state index is 12.2. The molecule has 2 aromatic heterocycles. The average molecular weight is 309 g/mol. The summed E-state index contributed by atoms with van der Waals surface area (Å²) in [7, 11) is 0. The van der Waals surface area contributed by atoms with Gasteiger partial charge < -0.3 is 15.2 Å². The maximum Gasteiger partial charge on any atom is 0.253 e. The minimum atomic E-state index is -0.281. The molecule has 0 aliphatic carbocycles. The van der Waals surface area contributed by atoms with Gasteiger partial charge in [-0.2, -0.15) is 0 Å². The average Bonchev–Trinajstić information content (AvgIpc) is 2.89. The molecule has 0 fully saturated rings. The Bertz CT molecular complexity index is 627. The molecule has 0 saturated carbocycles. The summed E-state index contributed by atoms with van der Waals surface area (Å²) in [4.78, 5) is 16.3. The molecule has 0 aliphatic rings. The van der Waals surface area contributed by atoms with Gasteiger partial charge in [-0.3, -0.25) is 4.79 Å². The highest BCUT2D eigenvalue weighted by Gasteiger charge is 2.13. The zero-order chi connectivity index (χ0) is 15.2. The minimum Gasteiger partial charge on any atom is -0.370 e. The molecule has 112 valence electrons. The lowest BCUT2D eigenvalue weighted by Crippen LogP contribution is -2.23. The van der Waals surface area contributed by atoms with Crippen molar-refractivity contribution in [1.29, 1.82) is 0 Å². The Kier molecular flexibility index (Phi) is 5.16. The number of hydrogen-bond donors (Lipinski definition) is 2. The third-order valence-electron chi connectivity index (χ3n) is 2.76. The Morgan fingerprint density at radius 2 is 2.24 bits per heavy atom. The summed E-state index contributed by atoms with van der Waals surface area (Å²) in [6, 6.07) is 3.40. The molecule has 21 heavy (non-hydrogen) atoms. The van der Waals surface area contributed by atoms with E-state index in [-0.39, 0.29) is 12.5 Å². The van der Waals surface area contributed by atoms with Crippen LogP contribution in [0, 0.1) is 6.92 Å². The van der Waals surface area contributed by atoms with E-state index in [1.165, 1.54) is 6.20 Å². The van der Waals surface area contributed by atoms with Gasteiger partial charge in [0.1, 0.15) is 5.82 Å². The van der Waals surface area contributed by atoms with Crippen molar-refractivity contribution in [2.75, 3.05) is 11.9 Å².